The number of ether oxygens (including phenoxy) is 1. The van der Waals surface area contributed by atoms with Gasteiger partial charge in [-0.2, -0.15) is 0 Å². The van der Waals surface area contributed by atoms with Crippen LogP contribution in [-0.4, -0.2) is 88.2 Å². The highest BCUT2D eigenvalue weighted by Gasteiger charge is 2.27. The molecule has 0 spiro atoms. The van der Waals surface area contributed by atoms with Crippen molar-refractivity contribution in [2.45, 2.75) is 25.7 Å². The van der Waals surface area contributed by atoms with Gasteiger partial charge in [-0.15, -0.1) is 0 Å². The summed E-state index contributed by atoms with van der Waals surface area (Å²) in [6.45, 7) is 7.08. The molecule has 2 rings (SSSR count). The molecule has 2 aliphatic rings. The SMILES string of the molecule is CN=C(NCC(=O)NCCOC)N1CCC(CN2CCCCC2)C1. The Morgan fingerprint density at radius 1 is 1.21 bits per heavy atom. The number of amides is 1. The Labute approximate surface area is 145 Å². The monoisotopic (exact) mass is 339 g/mol. The summed E-state index contributed by atoms with van der Waals surface area (Å²) < 4.78 is 4.92. The zero-order valence-corrected chi connectivity index (χ0v) is 15.2. The van der Waals surface area contributed by atoms with Crippen LogP contribution in [0.5, 0.6) is 0 Å². The zero-order valence-electron chi connectivity index (χ0n) is 15.2. The summed E-state index contributed by atoms with van der Waals surface area (Å²) in [7, 11) is 3.41. The molecule has 2 N–H and O–H groups in total. The fourth-order valence-electron chi connectivity index (χ4n) is 3.53. The van der Waals surface area contributed by atoms with Gasteiger partial charge >= 0.3 is 0 Å². The third-order valence-corrected chi connectivity index (χ3v) is 4.80. The molecule has 0 saturated carbocycles. The number of piperidine rings is 1. The van der Waals surface area contributed by atoms with Crippen LogP contribution in [0.25, 0.3) is 0 Å². The summed E-state index contributed by atoms with van der Waals surface area (Å²) in [4.78, 5) is 21.0. The maximum Gasteiger partial charge on any atom is 0.239 e. The number of likely N-dealkylation sites (tertiary alicyclic amines) is 2. The lowest BCUT2D eigenvalue weighted by Crippen LogP contribution is -2.45. The van der Waals surface area contributed by atoms with E-state index in [0.29, 0.717) is 19.1 Å². The predicted octanol–water partition coefficient (Wildman–Crippen LogP) is 0.132. The van der Waals surface area contributed by atoms with Crippen LogP contribution in [-0.2, 0) is 9.53 Å². The molecule has 2 heterocycles. The van der Waals surface area contributed by atoms with Crippen molar-refractivity contribution in [1.82, 2.24) is 20.4 Å². The van der Waals surface area contributed by atoms with E-state index in [4.69, 9.17) is 4.74 Å². The Bertz CT molecular complexity index is 410. The highest BCUT2D eigenvalue weighted by molar-refractivity contribution is 5.86. The fourth-order valence-corrected chi connectivity index (χ4v) is 3.53. The van der Waals surface area contributed by atoms with E-state index in [0.717, 1.165) is 19.0 Å². The smallest absolute Gasteiger partial charge is 0.239 e. The molecule has 2 saturated heterocycles. The molecule has 1 atom stereocenters. The summed E-state index contributed by atoms with van der Waals surface area (Å²) in [5, 5.41) is 5.98. The van der Waals surface area contributed by atoms with Gasteiger partial charge in [-0.1, -0.05) is 6.42 Å². The van der Waals surface area contributed by atoms with Crippen molar-refractivity contribution in [2.24, 2.45) is 10.9 Å². The molecule has 7 heteroatoms. The molecule has 0 aliphatic carbocycles. The molecule has 138 valence electrons. The van der Waals surface area contributed by atoms with E-state index in [-0.39, 0.29) is 12.5 Å². The van der Waals surface area contributed by atoms with Gasteiger partial charge in [0.05, 0.1) is 13.2 Å². The van der Waals surface area contributed by atoms with Gasteiger partial charge in [0.25, 0.3) is 0 Å². The minimum Gasteiger partial charge on any atom is -0.383 e. The Hall–Kier alpha value is -1.34. The van der Waals surface area contributed by atoms with Gasteiger partial charge < -0.3 is 25.2 Å². The normalized spacial score (nSPS) is 22.7. The van der Waals surface area contributed by atoms with Crippen molar-refractivity contribution < 1.29 is 9.53 Å². The van der Waals surface area contributed by atoms with Crippen LogP contribution in [0.15, 0.2) is 4.99 Å². The number of carbonyl (C=O) groups excluding carboxylic acids is 1. The third kappa shape index (κ3) is 6.28. The third-order valence-electron chi connectivity index (χ3n) is 4.80. The molecule has 2 fully saturated rings. The summed E-state index contributed by atoms with van der Waals surface area (Å²) in [6.07, 6.45) is 5.28. The van der Waals surface area contributed by atoms with Gasteiger partial charge in [-0.05, 0) is 38.3 Å². The van der Waals surface area contributed by atoms with Crippen molar-refractivity contribution in [2.75, 3.05) is 66.6 Å². The molecule has 2 aliphatic heterocycles. The molecule has 1 amide bonds. The summed E-state index contributed by atoms with van der Waals surface area (Å²) in [6, 6.07) is 0. The molecule has 0 radical (unpaired) electrons. The molecule has 24 heavy (non-hydrogen) atoms. The number of hydrogen-bond donors (Lipinski definition) is 2. The van der Waals surface area contributed by atoms with Gasteiger partial charge in [0, 0.05) is 40.3 Å². The fraction of sp³-hybridized carbons (Fsp3) is 0.882. The van der Waals surface area contributed by atoms with Crippen molar-refractivity contribution in [3.8, 4) is 0 Å². The lowest BCUT2D eigenvalue weighted by molar-refractivity contribution is -0.120. The lowest BCUT2D eigenvalue weighted by atomic mass is 10.1. The Morgan fingerprint density at radius 3 is 2.71 bits per heavy atom. The van der Waals surface area contributed by atoms with Gasteiger partial charge in [-0.25, -0.2) is 0 Å². The van der Waals surface area contributed by atoms with Crippen molar-refractivity contribution in [3.05, 3.63) is 0 Å². The summed E-state index contributed by atoms with van der Waals surface area (Å²) in [5.41, 5.74) is 0. The number of nitrogens with zero attached hydrogens (tertiary/aromatic N) is 3. The van der Waals surface area contributed by atoms with E-state index in [9.17, 15) is 4.79 Å². The van der Waals surface area contributed by atoms with E-state index in [1.807, 2.05) is 0 Å². The molecule has 1 unspecified atom stereocenters. The van der Waals surface area contributed by atoms with Crippen LogP contribution in [0.2, 0.25) is 0 Å². The number of guanidine groups is 1. The van der Waals surface area contributed by atoms with Crippen LogP contribution >= 0.6 is 0 Å². The average Bonchev–Trinajstić information content (AvgIpc) is 3.05. The summed E-state index contributed by atoms with van der Waals surface area (Å²) >= 11 is 0. The number of methoxy groups -OCH3 is 1. The molecular formula is C17H33N5O2. The molecule has 0 bridgehead atoms. The first-order valence-corrected chi connectivity index (χ1v) is 9.16. The van der Waals surface area contributed by atoms with Gasteiger partial charge in [0.15, 0.2) is 5.96 Å². The molecular weight excluding hydrogens is 306 g/mol. The first-order chi connectivity index (χ1) is 11.7. The van der Waals surface area contributed by atoms with Gasteiger partial charge in [0.2, 0.25) is 5.91 Å². The van der Waals surface area contributed by atoms with Crippen LogP contribution in [0.1, 0.15) is 25.7 Å². The molecule has 0 aromatic heterocycles. The first-order valence-electron chi connectivity index (χ1n) is 9.16. The number of carbonyl (C=O) groups is 1. The highest BCUT2D eigenvalue weighted by atomic mass is 16.5. The van der Waals surface area contributed by atoms with E-state index in [1.165, 1.54) is 45.3 Å². The number of rotatable bonds is 7. The molecule has 7 nitrogen and oxygen atoms in total. The number of nitrogens with one attached hydrogen (secondary N) is 2. The van der Waals surface area contributed by atoms with Crippen molar-refractivity contribution in [3.63, 3.8) is 0 Å². The minimum absolute atomic E-state index is 0.0303. The second kappa shape index (κ2) is 10.5. The topological polar surface area (TPSA) is 69.2 Å². The standard InChI is InChI=1S/C17H33N5O2/c1-18-17(20-12-16(23)19-7-11-24-2)22-10-6-15(14-22)13-21-8-4-3-5-9-21/h15H,3-14H2,1-2H3,(H,18,20)(H,19,23). The number of hydrogen-bond acceptors (Lipinski definition) is 4. The molecule has 0 aromatic carbocycles. The largest absolute Gasteiger partial charge is 0.383 e. The summed E-state index contributed by atoms with van der Waals surface area (Å²) in [5.74, 6) is 1.51. The zero-order chi connectivity index (χ0) is 17.2. The quantitative estimate of drug-likeness (QED) is 0.392. The predicted molar refractivity (Wildman–Crippen MR) is 96.2 cm³/mol. The van der Waals surface area contributed by atoms with Crippen molar-refractivity contribution >= 4 is 11.9 Å². The van der Waals surface area contributed by atoms with E-state index >= 15 is 0 Å². The van der Waals surface area contributed by atoms with Gasteiger partial charge in [-0.3, -0.25) is 9.79 Å². The second-order valence-corrected chi connectivity index (χ2v) is 6.71. The van der Waals surface area contributed by atoms with Crippen molar-refractivity contribution in [1.29, 1.82) is 0 Å². The van der Waals surface area contributed by atoms with Crippen LogP contribution in [0.3, 0.4) is 0 Å². The Morgan fingerprint density at radius 2 is 2.00 bits per heavy atom. The van der Waals surface area contributed by atoms with E-state index in [2.05, 4.69) is 25.4 Å². The Kier molecular flexibility index (Phi) is 8.32. The lowest BCUT2D eigenvalue weighted by Gasteiger charge is -2.29. The van der Waals surface area contributed by atoms with Crippen LogP contribution in [0, 0.1) is 5.92 Å². The van der Waals surface area contributed by atoms with Gasteiger partial charge in [0.1, 0.15) is 0 Å². The highest BCUT2D eigenvalue weighted by Crippen LogP contribution is 2.19. The Balaban J connectivity index is 1.68. The maximum atomic E-state index is 11.8. The van der Waals surface area contributed by atoms with E-state index < -0.39 is 0 Å². The maximum absolute atomic E-state index is 11.8. The van der Waals surface area contributed by atoms with Crippen LogP contribution in [0.4, 0.5) is 0 Å². The second-order valence-electron chi connectivity index (χ2n) is 6.71. The minimum atomic E-state index is -0.0303. The van der Waals surface area contributed by atoms with E-state index in [1.54, 1.807) is 14.2 Å². The average molecular weight is 339 g/mol. The van der Waals surface area contributed by atoms with Crippen LogP contribution < -0.4 is 10.6 Å². The molecule has 0 aromatic rings. The number of aliphatic imine (C=N–C) groups is 1. The first kappa shape index (κ1) is 19.0.